The van der Waals surface area contributed by atoms with Crippen molar-refractivity contribution in [2.45, 2.75) is 30.7 Å². The van der Waals surface area contributed by atoms with Crippen LogP contribution in [0.3, 0.4) is 0 Å². The highest BCUT2D eigenvalue weighted by Crippen LogP contribution is 2.27. The van der Waals surface area contributed by atoms with E-state index in [0.29, 0.717) is 19.8 Å². The minimum atomic E-state index is -1.07. The minimum absolute atomic E-state index is 0.0299. The molecule has 0 aliphatic carbocycles. The van der Waals surface area contributed by atoms with Gasteiger partial charge in [-0.05, 0) is 0 Å². The lowest BCUT2D eigenvalue weighted by Gasteiger charge is -2.33. The number of ether oxygens (including phenoxy) is 1. The summed E-state index contributed by atoms with van der Waals surface area (Å²) >= 11 is 0. The molecule has 0 saturated carbocycles. The summed E-state index contributed by atoms with van der Waals surface area (Å²) in [5, 5.41) is 29.5. The lowest BCUT2D eigenvalue weighted by Crippen LogP contribution is -2.48. The minimum Gasteiger partial charge on any atom is -0.395 e. The van der Waals surface area contributed by atoms with Crippen molar-refractivity contribution in [2.24, 2.45) is 5.73 Å². The van der Waals surface area contributed by atoms with E-state index in [9.17, 15) is 20.1 Å². The second-order valence-corrected chi connectivity index (χ2v) is 5.66. The average Bonchev–Trinajstić information content (AvgIpc) is 2.69. The third kappa shape index (κ3) is 3.91. The van der Waals surface area contributed by atoms with Gasteiger partial charge in [-0.15, -0.1) is 0 Å². The maximum atomic E-state index is 11.2. The molecule has 0 radical (unpaired) electrons. The normalized spacial score (nSPS) is 35.2. The maximum absolute atomic E-state index is 11.2. The van der Waals surface area contributed by atoms with E-state index in [0.717, 1.165) is 19.6 Å². The molecule has 0 aromatic rings. The molecule has 0 aromatic carbocycles. The van der Waals surface area contributed by atoms with Crippen LogP contribution >= 0.6 is 0 Å². The number of primary amides is 1. The Morgan fingerprint density at radius 2 is 1.76 bits per heavy atom. The van der Waals surface area contributed by atoms with Crippen LogP contribution in [0.2, 0.25) is 0 Å². The molecule has 2 rings (SSSR count). The Labute approximate surface area is 124 Å². The number of rotatable bonds is 6. The first kappa shape index (κ1) is 16.6. The summed E-state index contributed by atoms with van der Waals surface area (Å²) < 4.78 is 5.29. The number of carbonyl (C=O) groups excluding carboxylic acids is 1. The molecule has 8 nitrogen and oxygen atoms in total. The van der Waals surface area contributed by atoms with Crippen LogP contribution in [0.25, 0.3) is 0 Å². The second kappa shape index (κ2) is 7.48. The molecular weight excluding hydrogens is 278 g/mol. The van der Waals surface area contributed by atoms with Crippen LogP contribution in [0.4, 0.5) is 0 Å². The van der Waals surface area contributed by atoms with Gasteiger partial charge in [0.05, 0.1) is 38.1 Å². The fourth-order valence-electron chi connectivity index (χ4n) is 3.16. The first-order chi connectivity index (χ1) is 10.0. The SMILES string of the molecule is NC(=O)C[C@@H]1[C@H](O)[C@H](O)[C@@H](CO)N1CCN1CCOCC1. The van der Waals surface area contributed by atoms with Gasteiger partial charge >= 0.3 is 0 Å². The molecular formula is C13H25N3O5. The molecule has 0 aromatic heterocycles. The Morgan fingerprint density at radius 1 is 1.14 bits per heavy atom. The Hall–Kier alpha value is -0.770. The summed E-state index contributed by atoms with van der Waals surface area (Å²) in [5.41, 5.74) is 5.22. The van der Waals surface area contributed by atoms with Crippen LogP contribution in [-0.2, 0) is 9.53 Å². The number of morpholine rings is 1. The van der Waals surface area contributed by atoms with Gasteiger partial charge in [0.2, 0.25) is 5.91 Å². The predicted molar refractivity (Wildman–Crippen MR) is 74.5 cm³/mol. The number of carbonyl (C=O) groups is 1. The predicted octanol–water partition coefficient (Wildman–Crippen LogP) is -3.04. The molecule has 0 unspecified atom stereocenters. The van der Waals surface area contributed by atoms with Gasteiger partial charge < -0.3 is 25.8 Å². The van der Waals surface area contributed by atoms with Crippen LogP contribution < -0.4 is 5.73 Å². The smallest absolute Gasteiger partial charge is 0.219 e. The Morgan fingerprint density at radius 3 is 2.33 bits per heavy atom. The summed E-state index contributed by atoms with van der Waals surface area (Å²) in [6, 6.07) is -1.11. The lowest BCUT2D eigenvalue weighted by molar-refractivity contribution is -0.120. The first-order valence-electron chi connectivity index (χ1n) is 7.35. The van der Waals surface area contributed by atoms with E-state index in [1.807, 2.05) is 0 Å². The first-order valence-corrected chi connectivity index (χ1v) is 7.35. The van der Waals surface area contributed by atoms with E-state index in [2.05, 4.69) is 4.90 Å². The third-order valence-corrected chi connectivity index (χ3v) is 4.37. The number of aliphatic hydroxyl groups is 3. The molecule has 2 heterocycles. The van der Waals surface area contributed by atoms with Gasteiger partial charge in [-0.2, -0.15) is 0 Å². The average molecular weight is 303 g/mol. The van der Waals surface area contributed by atoms with Gasteiger partial charge in [0.25, 0.3) is 0 Å². The van der Waals surface area contributed by atoms with E-state index < -0.39 is 30.2 Å². The fraction of sp³-hybridized carbons (Fsp3) is 0.923. The molecule has 0 spiro atoms. The topological polar surface area (TPSA) is 119 Å². The number of likely N-dealkylation sites (tertiary alicyclic amines) is 1. The van der Waals surface area contributed by atoms with Crippen LogP contribution in [0.1, 0.15) is 6.42 Å². The molecule has 2 fully saturated rings. The van der Waals surface area contributed by atoms with Gasteiger partial charge in [-0.3, -0.25) is 14.6 Å². The van der Waals surface area contributed by atoms with E-state index in [1.54, 1.807) is 4.90 Å². The van der Waals surface area contributed by atoms with Crippen LogP contribution in [-0.4, -0.2) is 101 Å². The molecule has 5 N–H and O–H groups in total. The molecule has 2 aliphatic heterocycles. The molecule has 4 atom stereocenters. The Bertz CT molecular complexity index is 351. The van der Waals surface area contributed by atoms with Crippen molar-refractivity contribution in [1.82, 2.24) is 9.80 Å². The number of aliphatic hydroxyl groups excluding tert-OH is 3. The molecule has 1 amide bonds. The van der Waals surface area contributed by atoms with Crippen LogP contribution in [0.5, 0.6) is 0 Å². The Balaban J connectivity index is 1.98. The number of nitrogens with zero attached hydrogens (tertiary/aromatic N) is 2. The third-order valence-electron chi connectivity index (χ3n) is 4.37. The van der Waals surface area contributed by atoms with Crippen molar-refractivity contribution in [3.05, 3.63) is 0 Å². The molecule has 21 heavy (non-hydrogen) atoms. The Kier molecular flexibility index (Phi) is 5.91. The summed E-state index contributed by atoms with van der Waals surface area (Å²) in [6.45, 7) is 4.08. The number of hydrogen-bond donors (Lipinski definition) is 4. The highest BCUT2D eigenvalue weighted by atomic mass is 16.5. The zero-order valence-electron chi connectivity index (χ0n) is 12.1. The van der Waals surface area contributed by atoms with Crippen molar-refractivity contribution in [3.8, 4) is 0 Å². The zero-order chi connectivity index (χ0) is 15.4. The maximum Gasteiger partial charge on any atom is 0.219 e. The number of hydrogen-bond acceptors (Lipinski definition) is 7. The highest BCUT2D eigenvalue weighted by Gasteiger charge is 2.47. The number of nitrogens with two attached hydrogens (primary N) is 1. The van der Waals surface area contributed by atoms with E-state index in [4.69, 9.17) is 10.5 Å². The van der Waals surface area contributed by atoms with E-state index in [1.165, 1.54) is 0 Å². The van der Waals surface area contributed by atoms with Crippen molar-refractivity contribution in [1.29, 1.82) is 0 Å². The van der Waals surface area contributed by atoms with Crippen LogP contribution in [0.15, 0.2) is 0 Å². The quantitative estimate of drug-likeness (QED) is 0.412. The van der Waals surface area contributed by atoms with Crippen LogP contribution in [0, 0.1) is 0 Å². The molecule has 2 saturated heterocycles. The van der Waals surface area contributed by atoms with Gasteiger partial charge in [-0.25, -0.2) is 0 Å². The largest absolute Gasteiger partial charge is 0.395 e. The van der Waals surface area contributed by atoms with Crippen molar-refractivity contribution in [2.75, 3.05) is 46.0 Å². The van der Waals surface area contributed by atoms with Gasteiger partial charge in [0.15, 0.2) is 0 Å². The summed E-state index contributed by atoms with van der Waals surface area (Å²) in [4.78, 5) is 15.2. The molecule has 122 valence electrons. The standard InChI is InChI=1S/C13H25N3O5/c14-11(18)7-9-12(19)13(20)10(8-17)16(9)2-1-15-3-5-21-6-4-15/h9-10,12-13,17,19-20H,1-8H2,(H2,14,18)/t9-,10-,12+,13-/m1/s1. The molecule has 2 aliphatic rings. The monoisotopic (exact) mass is 303 g/mol. The van der Waals surface area contributed by atoms with Crippen molar-refractivity contribution < 1.29 is 24.9 Å². The van der Waals surface area contributed by atoms with Crippen molar-refractivity contribution in [3.63, 3.8) is 0 Å². The highest BCUT2D eigenvalue weighted by molar-refractivity contribution is 5.74. The molecule has 0 bridgehead atoms. The number of amides is 1. The van der Waals surface area contributed by atoms with Gasteiger partial charge in [0, 0.05) is 38.6 Å². The van der Waals surface area contributed by atoms with E-state index >= 15 is 0 Å². The second-order valence-electron chi connectivity index (χ2n) is 5.66. The lowest BCUT2D eigenvalue weighted by atomic mass is 10.1. The zero-order valence-corrected chi connectivity index (χ0v) is 12.1. The summed E-state index contributed by atoms with van der Waals surface area (Å²) in [5.74, 6) is -0.527. The van der Waals surface area contributed by atoms with Crippen molar-refractivity contribution >= 4 is 5.91 Å². The fourth-order valence-corrected chi connectivity index (χ4v) is 3.16. The van der Waals surface area contributed by atoms with Gasteiger partial charge in [0.1, 0.15) is 0 Å². The summed E-state index contributed by atoms with van der Waals surface area (Å²) in [7, 11) is 0. The summed E-state index contributed by atoms with van der Waals surface area (Å²) in [6.07, 6.45) is -2.17. The molecule has 8 heteroatoms. The van der Waals surface area contributed by atoms with Gasteiger partial charge in [-0.1, -0.05) is 0 Å². The van der Waals surface area contributed by atoms with E-state index in [-0.39, 0.29) is 13.0 Å².